The molecular formula is C20H19N3O3. The van der Waals surface area contributed by atoms with Crippen LogP contribution in [0.2, 0.25) is 0 Å². The Morgan fingerprint density at radius 1 is 1.08 bits per heavy atom. The zero-order chi connectivity index (χ0) is 18.5. The highest BCUT2D eigenvalue weighted by Crippen LogP contribution is 2.22. The summed E-state index contributed by atoms with van der Waals surface area (Å²) >= 11 is 0. The lowest BCUT2D eigenvalue weighted by Gasteiger charge is -2.05. The van der Waals surface area contributed by atoms with Gasteiger partial charge in [-0.3, -0.25) is 4.68 Å². The van der Waals surface area contributed by atoms with E-state index in [4.69, 9.17) is 9.47 Å². The number of carbonyl (C=O) groups excluding carboxylic acids is 1. The average Bonchev–Trinajstić information content (AvgIpc) is 2.88. The van der Waals surface area contributed by atoms with Gasteiger partial charge in [0.2, 0.25) is 5.88 Å². The summed E-state index contributed by atoms with van der Waals surface area (Å²) in [6.45, 7) is 3.85. The Morgan fingerprint density at radius 2 is 1.81 bits per heavy atom. The van der Waals surface area contributed by atoms with Crippen molar-refractivity contribution in [3.63, 3.8) is 0 Å². The Balaban J connectivity index is 1.61. The second-order valence-corrected chi connectivity index (χ2v) is 5.70. The topological polar surface area (TPSA) is 66.2 Å². The third-order valence-corrected chi connectivity index (χ3v) is 3.85. The van der Waals surface area contributed by atoms with Crippen LogP contribution in [0.5, 0.6) is 17.4 Å². The number of aromatic nitrogens is 3. The highest BCUT2D eigenvalue weighted by molar-refractivity contribution is 5.89. The first-order valence-corrected chi connectivity index (χ1v) is 8.12. The minimum Gasteiger partial charge on any atom is -0.439 e. The normalized spacial score (nSPS) is 10.9. The molecule has 26 heavy (non-hydrogen) atoms. The minimum atomic E-state index is -0.453. The largest absolute Gasteiger partial charge is 0.439 e. The number of nitrogens with zero attached hydrogens (tertiary/aromatic N) is 3. The molecule has 6 heteroatoms. The first-order valence-electron chi connectivity index (χ1n) is 8.12. The lowest BCUT2D eigenvalue weighted by Crippen LogP contribution is -2.03. The van der Waals surface area contributed by atoms with Gasteiger partial charge in [0.1, 0.15) is 11.5 Å². The Labute approximate surface area is 151 Å². The van der Waals surface area contributed by atoms with Gasteiger partial charge in [-0.25, -0.2) is 9.78 Å². The fourth-order valence-corrected chi connectivity index (χ4v) is 2.44. The fourth-order valence-electron chi connectivity index (χ4n) is 2.44. The summed E-state index contributed by atoms with van der Waals surface area (Å²) in [7, 11) is 1.87. The molecule has 0 saturated heterocycles. The molecule has 0 fully saturated rings. The number of hydrogen-bond acceptors (Lipinski definition) is 5. The Hall–Kier alpha value is -3.41. The monoisotopic (exact) mass is 349 g/mol. The number of ether oxygens (including phenoxy) is 2. The number of aryl methyl sites for hydroxylation is 2. The molecule has 0 aliphatic heterocycles. The SMILES string of the molecule is Cc1nn(C)c(C)c1/C=C/C(=O)Oc1ccc(Oc2ccccn2)cc1. The maximum Gasteiger partial charge on any atom is 0.336 e. The van der Waals surface area contributed by atoms with Crippen LogP contribution in [-0.2, 0) is 11.8 Å². The van der Waals surface area contributed by atoms with E-state index in [2.05, 4.69) is 10.1 Å². The molecular weight excluding hydrogens is 330 g/mol. The second kappa shape index (κ2) is 7.65. The Bertz CT molecular complexity index is 929. The van der Waals surface area contributed by atoms with Gasteiger partial charge in [0, 0.05) is 36.6 Å². The summed E-state index contributed by atoms with van der Waals surface area (Å²) in [5.41, 5.74) is 2.77. The molecule has 0 aliphatic carbocycles. The van der Waals surface area contributed by atoms with Crippen LogP contribution in [0.15, 0.2) is 54.7 Å². The van der Waals surface area contributed by atoms with Gasteiger partial charge in [0.15, 0.2) is 0 Å². The van der Waals surface area contributed by atoms with Crippen LogP contribution in [0.3, 0.4) is 0 Å². The molecule has 132 valence electrons. The summed E-state index contributed by atoms with van der Waals surface area (Å²) < 4.78 is 12.7. The van der Waals surface area contributed by atoms with Crippen LogP contribution in [-0.4, -0.2) is 20.7 Å². The van der Waals surface area contributed by atoms with Crippen molar-refractivity contribution < 1.29 is 14.3 Å². The van der Waals surface area contributed by atoms with Crippen LogP contribution in [0.4, 0.5) is 0 Å². The number of benzene rings is 1. The zero-order valence-corrected chi connectivity index (χ0v) is 14.8. The van der Waals surface area contributed by atoms with Crippen molar-refractivity contribution in [1.82, 2.24) is 14.8 Å². The number of pyridine rings is 1. The molecule has 0 aliphatic rings. The lowest BCUT2D eigenvalue weighted by atomic mass is 10.2. The van der Waals surface area contributed by atoms with Gasteiger partial charge in [-0.15, -0.1) is 0 Å². The summed E-state index contributed by atoms with van der Waals surface area (Å²) in [4.78, 5) is 16.1. The molecule has 0 saturated carbocycles. The standard InChI is InChI=1S/C20H19N3O3/c1-14-18(15(2)23(3)22-14)11-12-20(24)26-17-9-7-16(8-10-17)25-19-6-4-5-13-21-19/h4-13H,1-3H3/b12-11+. The van der Waals surface area contributed by atoms with Crippen molar-refractivity contribution in [2.24, 2.45) is 7.05 Å². The maximum absolute atomic E-state index is 12.0. The van der Waals surface area contributed by atoms with E-state index >= 15 is 0 Å². The molecule has 0 amide bonds. The number of hydrogen-bond donors (Lipinski definition) is 0. The molecule has 6 nitrogen and oxygen atoms in total. The van der Waals surface area contributed by atoms with Gasteiger partial charge in [-0.2, -0.15) is 5.10 Å². The van der Waals surface area contributed by atoms with Gasteiger partial charge in [-0.1, -0.05) is 6.07 Å². The molecule has 2 heterocycles. The van der Waals surface area contributed by atoms with Crippen molar-refractivity contribution in [2.75, 3.05) is 0 Å². The highest BCUT2D eigenvalue weighted by Gasteiger charge is 2.07. The molecule has 0 N–H and O–H groups in total. The fraction of sp³-hybridized carbons (Fsp3) is 0.150. The van der Waals surface area contributed by atoms with Crippen molar-refractivity contribution >= 4 is 12.0 Å². The van der Waals surface area contributed by atoms with Crippen molar-refractivity contribution in [3.05, 3.63) is 71.7 Å². The summed E-state index contributed by atoms with van der Waals surface area (Å²) in [6.07, 6.45) is 4.78. The van der Waals surface area contributed by atoms with Crippen molar-refractivity contribution in [2.45, 2.75) is 13.8 Å². The van der Waals surface area contributed by atoms with Crippen LogP contribution >= 0.6 is 0 Å². The van der Waals surface area contributed by atoms with E-state index in [9.17, 15) is 4.79 Å². The van der Waals surface area contributed by atoms with E-state index in [1.165, 1.54) is 6.08 Å². The smallest absolute Gasteiger partial charge is 0.336 e. The first-order chi connectivity index (χ1) is 12.5. The number of rotatable bonds is 5. The van der Waals surface area contributed by atoms with Crippen LogP contribution in [0.25, 0.3) is 6.08 Å². The van der Waals surface area contributed by atoms with E-state index in [0.29, 0.717) is 17.4 Å². The van der Waals surface area contributed by atoms with Gasteiger partial charge in [0.05, 0.1) is 5.69 Å². The van der Waals surface area contributed by atoms with Crippen LogP contribution in [0.1, 0.15) is 17.0 Å². The average molecular weight is 349 g/mol. The van der Waals surface area contributed by atoms with E-state index < -0.39 is 5.97 Å². The predicted octanol–water partition coefficient (Wildman–Crippen LogP) is 3.84. The summed E-state index contributed by atoms with van der Waals surface area (Å²) in [5.74, 6) is 1.10. The summed E-state index contributed by atoms with van der Waals surface area (Å²) in [6, 6.07) is 12.2. The Kier molecular flexibility index (Phi) is 5.12. The van der Waals surface area contributed by atoms with E-state index in [1.807, 2.05) is 33.0 Å². The minimum absolute atomic E-state index is 0.438. The first kappa shape index (κ1) is 17.4. The highest BCUT2D eigenvalue weighted by atomic mass is 16.5. The van der Waals surface area contributed by atoms with E-state index in [1.54, 1.807) is 47.3 Å². The van der Waals surface area contributed by atoms with Gasteiger partial charge < -0.3 is 9.47 Å². The van der Waals surface area contributed by atoms with Crippen molar-refractivity contribution in [3.8, 4) is 17.4 Å². The van der Waals surface area contributed by atoms with Gasteiger partial charge in [0.25, 0.3) is 0 Å². The van der Waals surface area contributed by atoms with Gasteiger partial charge >= 0.3 is 5.97 Å². The molecule has 2 aromatic heterocycles. The van der Waals surface area contributed by atoms with E-state index in [-0.39, 0.29) is 0 Å². The molecule has 0 unspecified atom stereocenters. The van der Waals surface area contributed by atoms with Crippen LogP contribution in [0, 0.1) is 13.8 Å². The molecule has 0 radical (unpaired) electrons. The number of esters is 1. The zero-order valence-electron chi connectivity index (χ0n) is 14.8. The van der Waals surface area contributed by atoms with Crippen LogP contribution < -0.4 is 9.47 Å². The Morgan fingerprint density at radius 3 is 2.42 bits per heavy atom. The molecule has 3 aromatic rings. The molecule has 3 rings (SSSR count). The third kappa shape index (κ3) is 4.16. The molecule has 0 atom stereocenters. The third-order valence-electron chi connectivity index (χ3n) is 3.85. The lowest BCUT2D eigenvalue weighted by molar-refractivity contribution is -0.128. The quantitative estimate of drug-likeness (QED) is 0.398. The second-order valence-electron chi connectivity index (χ2n) is 5.70. The predicted molar refractivity (Wildman–Crippen MR) is 98.1 cm³/mol. The van der Waals surface area contributed by atoms with Gasteiger partial charge in [-0.05, 0) is 50.3 Å². The van der Waals surface area contributed by atoms with Crippen molar-refractivity contribution in [1.29, 1.82) is 0 Å². The molecule has 0 spiro atoms. The maximum atomic E-state index is 12.0. The van der Waals surface area contributed by atoms with E-state index in [0.717, 1.165) is 17.0 Å². The number of carbonyl (C=O) groups is 1. The summed E-state index contributed by atoms with van der Waals surface area (Å²) in [5, 5.41) is 4.31. The molecule has 0 bridgehead atoms. The molecule has 1 aromatic carbocycles.